The number of anilines is 1. The van der Waals surface area contributed by atoms with Crippen LogP contribution in [0.5, 0.6) is 0 Å². The summed E-state index contributed by atoms with van der Waals surface area (Å²) < 4.78 is 0.638. The second-order valence-corrected chi connectivity index (χ2v) is 9.13. The van der Waals surface area contributed by atoms with E-state index in [4.69, 9.17) is 0 Å². The molecule has 158 valence electrons. The van der Waals surface area contributed by atoms with E-state index >= 15 is 0 Å². The third-order valence-corrected chi connectivity index (χ3v) is 6.73. The molecule has 0 unspecified atom stereocenters. The van der Waals surface area contributed by atoms with Gasteiger partial charge in [-0.15, -0.1) is 21.5 Å². The summed E-state index contributed by atoms with van der Waals surface area (Å²) in [5.74, 6) is 7.14. The first kappa shape index (κ1) is 20.5. The Balaban J connectivity index is 1.29. The molecule has 2 heterocycles. The monoisotopic (exact) mass is 504 g/mol. The Kier molecular flexibility index (Phi) is 5.79. The summed E-state index contributed by atoms with van der Waals surface area (Å²) in [6.45, 7) is 0. The third-order valence-electron chi connectivity index (χ3n) is 5.30. The highest BCUT2D eigenvalue weighted by Gasteiger charge is 2.21. The first-order chi connectivity index (χ1) is 15.7. The van der Waals surface area contributed by atoms with Crippen molar-refractivity contribution in [1.82, 2.24) is 25.6 Å². The number of halogens is 1. The maximum Gasteiger partial charge on any atom is 0.256 e. The molecule has 0 spiro atoms. The quantitative estimate of drug-likeness (QED) is 0.381. The molecule has 1 fully saturated rings. The molecular weight excluding hydrogens is 488 g/mol. The number of aromatic nitrogens is 5. The van der Waals surface area contributed by atoms with Crippen LogP contribution in [0, 0.1) is 11.8 Å². The lowest BCUT2D eigenvalue weighted by Crippen LogP contribution is -2.12. The van der Waals surface area contributed by atoms with E-state index in [-0.39, 0.29) is 5.91 Å². The zero-order valence-electron chi connectivity index (χ0n) is 16.8. The molecule has 2 aromatic carbocycles. The molecule has 1 saturated carbocycles. The zero-order chi connectivity index (χ0) is 21.9. The van der Waals surface area contributed by atoms with Crippen LogP contribution >= 0.6 is 27.3 Å². The number of thiazole rings is 1. The van der Waals surface area contributed by atoms with Gasteiger partial charge in [0.1, 0.15) is 0 Å². The number of rotatable bonds is 4. The number of tetrazole rings is 1. The van der Waals surface area contributed by atoms with Crippen molar-refractivity contribution >= 4 is 38.9 Å². The fourth-order valence-electron chi connectivity index (χ4n) is 3.36. The Morgan fingerprint density at radius 2 is 2.09 bits per heavy atom. The van der Waals surface area contributed by atoms with E-state index < -0.39 is 0 Å². The van der Waals surface area contributed by atoms with Crippen molar-refractivity contribution in [2.24, 2.45) is 0 Å². The summed E-state index contributed by atoms with van der Waals surface area (Å²) in [4.78, 5) is 17.4. The molecule has 1 aliphatic carbocycles. The lowest BCUT2D eigenvalue weighted by Gasteiger charge is -2.22. The number of carbonyl (C=O) groups excluding carboxylic acids is 1. The zero-order valence-corrected chi connectivity index (χ0v) is 19.2. The lowest BCUT2D eigenvalue weighted by molar-refractivity contribution is 0.102. The maximum atomic E-state index is 12.8. The van der Waals surface area contributed by atoms with Crippen LogP contribution in [0.1, 0.15) is 51.8 Å². The number of carbonyl (C=O) groups is 1. The van der Waals surface area contributed by atoms with Gasteiger partial charge in [-0.2, -0.15) is 5.21 Å². The molecule has 2 aromatic heterocycles. The molecule has 32 heavy (non-hydrogen) atoms. The van der Waals surface area contributed by atoms with E-state index in [1.807, 2.05) is 24.3 Å². The number of benzene rings is 2. The van der Waals surface area contributed by atoms with E-state index in [9.17, 15) is 4.79 Å². The van der Waals surface area contributed by atoms with Crippen LogP contribution in [0.4, 0.5) is 5.69 Å². The molecule has 0 radical (unpaired) electrons. The normalized spacial score (nSPS) is 13.2. The van der Waals surface area contributed by atoms with Crippen LogP contribution in [0.3, 0.4) is 0 Å². The number of amides is 1. The van der Waals surface area contributed by atoms with E-state index in [2.05, 4.69) is 64.1 Å². The highest BCUT2D eigenvalue weighted by molar-refractivity contribution is 9.10. The van der Waals surface area contributed by atoms with Crippen LogP contribution in [-0.4, -0.2) is 31.5 Å². The average Bonchev–Trinajstić information content (AvgIpc) is 3.44. The van der Waals surface area contributed by atoms with Gasteiger partial charge in [-0.1, -0.05) is 24.5 Å². The number of hydrogen-bond donors (Lipinski definition) is 2. The number of nitrogens with zero attached hydrogens (tertiary/aromatic N) is 4. The van der Waals surface area contributed by atoms with Crippen LogP contribution in [0.25, 0.3) is 11.4 Å². The van der Waals surface area contributed by atoms with Gasteiger partial charge >= 0.3 is 0 Å². The van der Waals surface area contributed by atoms with Crippen molar-refractivity contribution in [3.8, 4) is 23.2 Å². The van der Waals surface area contributed by atoms with Gasteiger partial charge < -0.3 is 5.32 Å². The Hall–Kier alpha value is -3.35. The standard InChI is InChI=1S/C23H17BrN6OS/c24-19-12-16(22-27-29-30-28-22)8-9-18(19)23(31)25-17-6-1-3-14(11-17)7-10-21-26-20(13-32-21)15-4-2-5-15/h1,3,6,8-9,11-13,15H,2,4-5H2,(H,25,31)(H,27,28,29,30). The Labute approximate surface area is 196 Å². The Morgan fingerprint density at radius 1 is 1.19 bits per heavy atom. The molecule has 0 aliphatic heterocycles. The Bertz CT molecular complexity index is 1330. The van der Waals surface area contributed by atoms with Crippen molar-refractivity contribution < 1.29 is 4.79 Å². The number of H-pyrrole nitrogens is 1. The Morgan fingerprint density at radius 3 is 2.84 bits per heavy atom. The number of aromatic amines is 1. The first-order valence-corrected chi connectivity index (χ1v) is 11.8. The average molecular weight is 505 g/mol. The van der Waals surface area contributed by atoms with E-state index in [1.165, 1.54) is 25.0 Å². The fourth-order valence-corrected chi connectivity index (χ4v) is 4.66. The third kappa shape index (κ3) is 4.47. The van der Waals surface area contributed by atoms with Crippen LogP contribution < -0.4 is 5.32 Å². The van der Waals surface area contributed by atoms with Crippen LogP contribution in [0.2, 0.25) is 0 Å². The van der Waals surface area contributed by atoms with Gasteiger partial charge in [0.15, 0.2) is 5.01 Å². The van der Waals surface area contributed by atoms with Gasteiger partial charge in [0, 0.05) is 32.6 Å². The van der Waals surface area contributed by atoms with Crippen LogP contribution in [-0.2, 0) is 0 Å². The van der Waals surface area contributed by atoms with Gasteiger partial charge in [0.2, 0.25) is 5.82 Å². The predicted molar refractivity (Wildman–Crippen MR) is 126 cm³/mol. The van der Waals surface area contributed by atoms with Crippen molar-refractivity contribution in [3.05, 3.63) is 74.1 Å². The molecule has 0 saturated heterocycles. The molecule has 0 bridgehead atoms. The molecule has 9 heteroatoms. The summed E-state index contributed by atoms with van der Waals surface area (Å²) in [6.07, 6.45) is 3.75. The topological polar surface area (TPSA) is 96.5 Å². The van der Waals surface area contributed by atoms with E-state index in [1.54, 1.807) is 29.5 Å². The molecule has 1 aliphatic rings. The fraction of sp³-hybridized carbons (Fsp3) is 0.174. The van der Waals surface area contributed by atoms with E-state index in [0.29, 0.717) is 27.5 Å². The van der Waals surface area contributed by atoms with E-state index in [0.717, 1.165) is 16.1 Å². The molecule has 7 nitrogen and oxygen atoms in total. The highest BCUT2D eigenvalue weighted by Crippen LogP contribution is 2.36. The SMILES string of the molecule is O=C(Nc1cccc(C#Cc2nc(C3CCC3)cs2)c1)c1ccc(-c2nn[nH]n2)cc1Br. The predicted octanol–water partition coefficient (Wildman–Crippen LogP) is 5.01. The second kappa shape index (κ2) is 9.02. The number of hydrogen-bond acceptors (Lipinski definition) is 6. The summed E-state index contributed by atoms with van der Waals surface area (Å²) >= 11 is 5.04. The molecule has 2 N–H and O–H groups in total. The van der Waals surface area contributed by atoms with Crippen molar-refractivity contribution in [3.63, 3.8) is 0 Å². The maximum absolute atomic E-state index is 12.8. The van der Waals surface area contributed by atoms with Gasteiger partial charge in [-0.3, -0.25) is 4.79 Å². The van der Waals surface area contributed by atoms with Crippen molar-refractivity contribution in [2.75, 3.05) is 5.32 Å². The van der Waals surface area contributed by atoms with Gasteiger partial charge in [0.05, 0.1) is 11.3 Å². The van der Waals surface area contributed by atoms with Crippen LogP contribution in [0.15, 0.2) is 52.3 Å². The first-order valence-electron chi connectivity index (χ1n) is 10.1. The number of nitrogens with one attached hydrogen (secondary N) is 2. The smallest absolute Gasteiger partial charge is 0.256 e. The molecule has 5 rings (SSSR count). The minimum absolute atomic E-state index is 0.230. The molecular formula is C23H17BrN6OS. The minimum Gasteiger partial charge on any atom is -0.322 e. The molecule has 1 amide bonds. The summed E-state index contributed by atoms with van der Waals surface area (Å²) in [6, 6.07) is 12.8. The summed E-state index contributed by atoms with van der Waals surface area (Å²) in [5.41, 5.74) is 3.91. The molecule has 4 aromatic rings. The summed E-state index contributed by atoms with van der Waals surface area (Å²) in [5, 5.41) is 19.7. The van der Waals surface area contributed by atoms with Crippen molar-refractivity contribution in [2.45, 2.75) is 25.2 Å². The highest BCUT2D eigenvalue weighted by atomic mass is 79.9. The second-order valence-electron chi connectivity index (χ2n) is 7.42. The molecule has 0 atom stereocenters. The van der Waals surface area contributed by atoms with Gasteiger partial charge in [0.25, 0.3) is 5.91 Å². The van der Waals surface area contributed by atoms with Crippen molar-refractivity contribution in [1.29, 1.82) is 0 Å². The van der Waals surface area contributed by atoms with Gasteiger partial charge in [-0.25, -0.2) is 4.98 Å². The van der Waals surface area contributed by atoms with Gasteiger partial charge in [-0.05, 0) is 70.2 Å². The summed E-state index contributed by atoms with van der Waals surface area (Å²) in [7, 11) is 0. The minimum atomic E-state index is -0.230. The largest absolute Gasteiger partial charge is 0.322 e. The lowest BCUT2D eigenvalue weighted by atomic mass is 9.83.